The standard InChI is InChI=1S/C14H19N3O/c1-2-17-13-6-4-3-5-11(13)12(16-17)9-14(18)7-8-15-10-14/h3-6,15,18H,2,7-10H2,1H3. The summed E-state index contributed by atoms with van der Waals surface area (Å²) < 4.78 is 2.01. The van der Waals surface area contributed by atoms with Crippen LogP contribution in [0.2, 0.25) is 0 Å². The van der Waals surface area contributed by atoms with Crippen molar-refractivity contribution >= 4 is 10.9 Å². The van der Waals surface area contributed by atoms with Crippen LogP contribution >= 0.6 is 0 Å². The van der Waals surface area contributed by atoms with Gasteiger partial charge in [0, 0.05) is 24.9 Å². The fraction of sp³-hybridized carbons (Fsp3) is 0.500. The first-order valence-corrected chi connectivity index (χ1v) is 6.59. The molecule has 2 N–H and O–H groups in total. The lowest BCUT2D eigenvalue weighted by atomic mass is 9.95. The second kappa shape index (κ2) is 4.37. The number of hydrogen-bond donors (Lipinski definition) is 2. The molecule has 0 aliphatic carbocycles. The van der Waals surface area contributed by atoms with E-state index in [0.717, 1.165) is 30.7 Å². The van der Waals surface area contributed by atoms with Crippen LogP contribution in [0.3, 0.4) is 0 Å². The molecule has 1 aliphatic rings. The molecule has 0 spiro atoms. The Morgan fingerprint density at radius 1 is 1.44 bits per heavy atom. The third-order valence-electron chi connectivity index (χ3n) is 3.75. The Morgan fingerprint density at radius 2 is 2.28 bits per heavy atom. The molecule has 1 fully saturated rings. The van der Waals surface area contributed by atoms with Crippen molar-refractivity contribution in [2.24, 2.45) is 0 Å². The number of fused-ring (bicyclic) bond motifs is 1. The van der Waals surface area contributed by atoms with Gasteiger partial charge in [0.1, 0.15) is 0 Å². The van der Waals surface area contributed by atoms with E-state index in [-0.39, 0.29) is 0 Å². The molecule has 3 rings (SSSR count). The Hall–Kier alpha value is -1.39. The van der Waals surface area contributed by atoms with Crippen molar-refractivity contribution < 1.29 is 5.11 Å². The van der Waals surface area contributed by atoms with Crippen LogP contribution in [0.25, 0.3) is 10.9 Å². The molecule has 18 heavy (non-hydrogen) atoms. The van der Waals surface area contributed by atoms with Gasteiger partial charge in [0.25, 0.3) is 0 Å². The predicted molar refractivity (Wildman–Crippen MR) is 71.5 cm³/mol. The zero-order valence-electron chi connectivity index (χ0n) is 10.7. The number of para-hydroxylation sites is 1. The maximum Gasteiger partial charge on any atom is 0.0839 e. The molecule has 0 radical (unpaired) electrons. The number of aliphatic hydroxyl groups is 1. The molecule has 1 unspecified atom stereocenters. The van der Waals surface area contributed by atoms with Crippen molar-refractivity contribution in [3.05, 3.63) is 30.0 Å². The quantitative estimate of drug-likeness (QED) is 0.857. The first-order valence-electron chi connectivity index (χ1n) is 6.59. The fourth-order valence-electron chi connectivity index (χ4n) is 2.76. The summed E-state index contributed by atoms with van der Waals surface area (Å²) in [4.78, 5) is 0. The Balaban J connectivity index is 2.01. The van der Waals surface area contributed by atoms with Crippen LogP contribution in [0.5, 0.6) is 0 Å². The highest BCUT2D eigenvalue weighted by molar-refractivity contribution is 5.82. The third-order valence-corrected chi connectivity index (χ3v) is 3.75. The molecule has 0 saturated carbocycles. The zero-order chi connectivity index (χ0) is 12.6. The van der Waals surface area contributed by atoms with E-state index in [2.05, 4.69) is 29.5 Å². The minimum absolute atomic E-state index is 0.629. The van der Waals surface area contributed by atoms with Gasteiger partial charge in [-0.2, -0.15) is 5.10 Å². The van der Waals surface area contributed by atoms with E-state index in [1.807, 2.05) is 16.8 Å². The molecule has 4 heteroatoms. The maximum atomic E-state index is 10.5. The van der Waals surface area contributed by atoms with Gasteiger partial charge in [0.15, 0.2) is 0 Å². The number of rotatable bonds is 3. The minimum atomic E-state index is -0.629. The number of β-amino-alcohol motifs (C(OH)–C–C–N with tert-alkyl or cyclic N) is 1. The maximum absolute atomic E-state index is 10.5. The molecule has 0 bridgehead atoms. The molecule has 1 aromatic heterocycles. The van der Waals surface area contributed by atoms with Crippen LogP contribution in [-0.4, -0.2) is 33.6 Å². The number of nitrogens with zero attached hydrogens (tertiary/aromatic N) is 2. The Kier molecular flexibility index (Phi) is 2.84. The Bertz CT molecular complexity index is 555. The first-order chi connectivity index (χ1) is 8.72. The van der Waals surface area contributed by atoms with E-state index in [1.165, 1.54) is 5.39 Å². The van der Waals surface area contributed by atoms with Gasteiger partial charge in [-0.15, -0.1) is 0 Å². The molecule has 1 aromatic carbocycles. The van der Waals surface area contributed by atoms with Crippen LogP contribution in [0.15, 0.2) is 24.3 Å². The highest BCUT2D eigenvalue weighted by Gasteiger charge is 2.32. The van der Waals surface area contributed by atoms with Gasteiger partial charge < -0.3 is 10.4 Å². The summed E-state index contributed by atoms with van der Waals surface area (Å²) in [5, 5.41) is 19.5. The summed E-state index contributed by atoms with van der Waals surface area (Å²) in [5.74, 6) is 0. The van der Waals surface area contributed by atoms with E-state index in [4.69, 9.17) is 0 Å². The lowest BCUT2D eigenvalue weighted by molar-refractivity contribution is 0.0610. The average molecular weight is 245 g/mol. The number of nitrogens with one attached hydrogen (secondary N) is 1. The SMILES string of the molecule is CCn1nc(CC2(O)CCNC2)c2ccccc21. The second-order valence-electron chi connectivity index (χ2n) is 5.11. The predicted octanol–water partition coefficient (Wildman–Crippen LogP) is 1.32. The van der Waals surface area contributed by atoms with Crippen LogP contribution in [0.4, 0.5) is 0 Å². The lowest BCUT2D eigenvalue weighted by Gasteiger charge is -2.19. The van der Waals surface area contributed by atoms with E-state index >= 15 is 0 Å². The molecule has 96 valence electrons. The largest absolute Gasteiger partial charge is 0.388 e. The van der Waals surface area contributed by atoms with Crippen molar-refractivity contribution in [1.29, 1.82) is 0 Å². The minimum Gasteiger partial charge on any atom is -0.388 e. The molecular weight excluding hydrogens is 226 g/mol. The summed E-state index contributed by atoms with van der Waals surface area (Å²) >= 11 is 0. The summed E-state index contributed by atoms with van der Waals surface area (Å²) in [6.07, 6.45) is 1.44. The fourth-order valence-corrected chi connectivity index (χ4v) is 2.76. The van der Waals surface area contributed by atoms with Gasteiger partial charge in [0.05, 0.1) is 16.8 Å². The first kappa shape index (κ1) is 11.7. The smallest absolute Gasteiger partial charge is 0.0839 e. The van der Waals surface area contributed by atoms with Crippen molar-refractivity contribution in [3.63, 3.8) is 0 Å². The van der Waals surface area contributed by atoms with Crippen molar-refractivity contribution in [1.82, 2.24) is 15.1 Å². The highest BCUT2D eigenvalue weighted by Crippen LogP contribution is 2.25. The third kappa shape index (κ3) is 1.91. The summed E-state index contributed by atoms with van der Waals surface area (Å²) in [6, 6.07) is 8.25. The molecule has 1 aliphatic heterocycles. The van der Waals surface area contributed by atoms with Gasteiger partial charge in [-0.05, 0) is 26.0 Å². The van der Waals surface area contributed by atoms with Crippen molar-refractivity contribution in [3.8, 4) is 0 Å². The molecule has 2 aromatic rings. The van der Waals surface area contributed by atoms with E-state index in [1.54, 1.807) is 0 Å². The molecule has 4 nitrogen and oxygen atoms in total. The zero-order valence-corrected chi connectivity index (χ0v) is 10.7. The number of aromatic nitrogens is 2. The van der Waals surface area contributed by atoms with Gasteiger partial charge >= 0.3 is 0 Å². The van der Waals surface area contributed by atoms with Crippen molar-refractivity contribution in [2.75, 3.05) is 13.1 Å². The monoisotopic (exact) mass is 245 g/mol. The van der Waals surface area contributed by atoms with E-state index in [9.17, 15) is 5.11 Å². The van der Waals surface area contributed by atoms with E-state index in [0.29, 0.717) is 13.0 Å². The normalized spacial score (nSPS) is 23.9. The van der Waals surface area contributed by atoms with Crippen LogP contribution in [-0.2, 0) is 13.0 Å². The second-order valence-corrected chi connectivity index (χ2v) is 5.11. The van der Waals surface area contributed by atoms with Crippen LogP contribution in [0.1, 0.15) is 19.0 Å². The summed E-state index contributed by atoms with van der Waals surface area (Å²) in [6.45, 7) is 4.51. The molecule has 1 saturated heterocycles. The molecule has 0 amide bonds. The molecule has 1 atom stereocenters. The van der Waals surface area contributed by atoms with Crippen molar-refractivity contribution in [2.45, 2.75) is 31.9 Å². The number of aryl methyl sites for hydroxylation is 1. The average Bonchev–Trinajstić information content (AvgIpc) is 2.95. The molecular formula is C14H19N3O. The van der Waals surface area contributed by atoms with Gasteiger partial charge in [0.2, 0.25) is 0 Å². The molecule has 2 heterocycles. The van der Waals surface area contributed by atoms with Gasteiger partial charge in [-0.25, -0.2) is 0 Å². The topological polar surface area (TPSA) is 50.1 Å². The van der Waals surface area contributed by atoms with Gasteiger partial charge in [-0.3, -0.25) is 4.68 Å². The van der Waals surface area contributed by atoms with E-state index < -0.39 is 5.60 Å². The Morgan fingerprint density at radius 3 is 3.00 bits per heavy atom. The highest BCUT2D eigenvalue weighted by atomic mass is 16.3. The lowest BCUT2D eigenvalue weighted by Crippen LogP contribution is -2.34. The van der Waals surface area contributed by atoms with Crippen LogP contribution in [0, 0.1) is 0 Å². The van der Waals surface area contributed by atoms with Gasteiger partial charge in [-0.1, -0.05) is 18.2 Å². The summed E-state index contributed by atoms with van der Waals surface area (Å²) in [5.41, 5.74) is 1.54. The summed E-state index contributed by atoms with van der Waals surface area (Å²) in [7, 11) is 0. The Labute approximate surface area is 107 Å². The number of hydrogen-bond acceptors (Lipinski definition) is 3. The number of benzene rings is 1. The van der Waals surface area contributed by atoms with Crippen LogP contribution < -0.4 is 5.32 Å².